The molecule has 2 aliphatic rings. The zero-order valence-electron chi connectivity index (χ0n) is 17.4. The fourth-order valence-corrected chi connectivity index (χ4v) is 6.20. The molecule has 1 aromatic carbocycles. The highest BCUT2D eigenvalue weighted by Gasteiger charge is 2.46. The molecule has 0 amide bonds. The van der Waals surface area contributed by atoms with Crippen molar-refractivity contribution in [3.05, 3.63) is 33.6 Å². The molecule has 4 rings (SSSR count). The van der Waals surface area contributed by atoms with Crippen molar-refractivity contribution >= 4 is 40.8 Å². The van der Waals surface area contributed by atoms with E-state index in [9.17, 15) is 4.79 Å². The Hall–Kier alpha value is -1.90. The number of hydrogen-bond acceptors (Lipinski definition) is 7. The average molecular weight is 449 g/mol. The fraction of sp³-hybridized carbons (Fsp3) is 0.524. The highest BCUT2D eigenvalue weighted by molar-refractivity contribution is 7.99. The van der Waals surface area contributed by atoms with Gasteiger partial charge in [0, 0.05) is 36.8 Å². The van der Waals surface area contributed by atoms with Gasteiger partial charge in [0.25, 0.3) is 5.56 Å². The van der Waals surface area contributed by atoms with Gasteiger partial charge >= 0.3 is 0 Å². The van der Waals surface area contributed by atoms with Gasteiger partial charge in [0.15, 0.2) is 0 Å². The van der Waals surface area contributed by atoms with Crippen molar-refractivity contribution in [3.63, 3.8) is 0 Å². The first-order chi connectivity index (χ1) is 14.2. The van der Waals surface area contributed by atoms with Crippen LogP contribution in [0.15, 0.2) is 32.8 Å². The Bertz CT molecular complexity index is 1020. The second kappa shape index (κ2) is 7.98. The molecule has 0 unspecified atom stereocenters. The van der Waals surface area contributed by atoms with E-state index in [4.69, 9.17) is 28.8 Å². The van der Waals surface area contributed by atoms with Gasteiger partial charge in [-0.05, 0) is 55.2 Å². The molecular weight excluding hydrogens is 420 g/mol. The van der Waals surface area contributed by atoms with Crippen LogP contribution in [-0.4, -0.2) is 28.7 Å². The first-order valence-electron chi connectivity index (χ1n) is 10.3. The third-order valence-electron chi connectivity index (χ3n) is 6.66. The maximum atomic E-state index is 13.1. The highest BCUT2D eigenvalue weighted by atomic mass is 35.5. The largest absolute Gasteiger partial charge is 0.399 e. The van der Waals surface area contributed by atoms with Crippen LogP contribution < -0.4 is 27.7 Å². The Morgan fingerprint density at radius 3 is 2.60 bits per heavy atom. The van der Waals surface area contributed by atoms with Crippen LogP contribution in [0.25, 0.3) is 0 Å². The van der Waals surface area contributed by atoms with Crippen molar-refractivity contribution in [2.24, 2.45) is 24.1 Å². The standard InChI is InChI=1S/C21H29ClN6OS/c1-12-9-16(24)21(11-12)5-7-28(8-6-21)20-26-18(25)17(19(29)27(20)2)30-15-10-13(23)3-4-14(15)22/h3-4,10,12,16H,5-9,11,23-25H2,1-2H3/t12-,16+/m0/s1. The van der Waals surface area contributed by atoms with E-state index >= 15 is 0 Å². The summed E-state index contributed by atoms with van der Waals surface area (Å²) >= 11 is 7.46. The minimum atomic E-state index is -0.188. The Labute approximate surface area is 186 Å². The number of aromatic nitrogens is 2. The highest BCUT2D eigenvalue weighted by Crippen LogP contribution is 2.48. The number of nitrogens with two attached hydrogens (primary N) is 3. The predicted octanol–water partition coefficient (Wildman–Crippen LogP) is 3.09. The molecular formula is C21H29ClN6OS. The lowest BCUT2D eigenvalue weighted by atomic mass is 9.74. The van der Waals surface area contributed by atoms with Gasteiger partial charge in [-0.3, -0.25) is 9.36 Å². The Kier molecular flexibility index (Phi) is 5.67. The van der Waals surface area contributed by atoms with Crippen LogP contribution in [0.5, 0.6) is 0 Å². The number of anilines is 3. The Morgan fingerprint density at radius 2 is 1.97 bits per heavy atom. The number of piperidine rings is 1. The molecule has 7 nitrogen and oxygen atoms in total. The lowest BCUT2D eigenvalue weighted by Gasteiger charge is -2.42. The van der Waals surface area contributed by atoms with E-state index < -0.39 is 0 Å². The minimum absolute atomic E-state index is 0.188. The maximum Gasteiger partial charge on any atom is 0.270 e. The molecule has 1 aliphatic heterocycles. The van der Waals surface area contributed by atoms with E-state index in [1.807, 2.05) is 0 Å². The molecule has 1 saturated carbocycles. The number of halogens is 1. The van der Waals surface area contributed by atoms with E-state index in [-0.39, 0.29) is 22.8 Å². The zero-order chi connectivity index (χ0) is 21.6. The topological polar surface area (TPSA) is 116 Å². The maximum absolute atomic E-state index is 13.1. The van der Waals surface area contributed by atoms with Crippen LogP contribution >= 0.6 is 23.4 Å². The molecule has 0 radical (unpaired) electrons. The van der Waals surface area contributed by atoms with Crippen LogP contribution in [0.3, 0.4) is 0 Å². The third kappa shape index (κ3) is 3.76. The van der Waals surface area contributed by atoms with E-state index in [1.54, 1.807) is 29.8 Å². The van der Waals surface area contributed by atoms with Crippen molar-refractivity contribution in [1.82, 2.24) is 9.55 Å². The number of hydrogen-bond donors (Lipinski definition) is 3. The molecule has 30 heavy (non-hydrogen) atoms. The van der Waals surface area contributed by atoms with Gasteiger partial charge < -0.3 is 22.1 Å². The van der Waals surface area contributed by atoms with Gasteiger partial charge in [0.1, 0.15) is 10.7 Å². The van der Waals surface area contributed by atoms with Crippen LogP contribution in [0.4, 0.5) is 17.5 Å². The normalized spacial score (nSPS) is 23.3. The molecule has 2 aromatic rings. The van der Waals surface area contributed by atoms with Gasteiger partial charge in [-0.2, -0.15) is 4.98 Å². The predicted molar refractivity (Wildman–Crippen MR) is 124 cm³/mol. The first kappa shape index (κ1) is 21.3. The molecule has 1 saturated heterocycles. The van der Waals surface area contributed by atoms with Gasteiger partial charge in [-0.15, -0.1) is 0 Å². The summed E-state index contributed by atoms with van der Waals surface area (Å²) in [6.07, 6.45) is 4.32. The van der Waals surface area contributed by atoms with Crippen LogP contribution in [-0.2, 0) is 7.05 Å². The van der Waals surface area contributed by atoms with Crippen molar-refractivity contribution in [3.8, 4) is 0 Å². The van der Waals surface area contributed by atoms with Gasteiger partial charge in [0.05, 0.1) is 5.02 Å². The smallest absolute Gasteiger partial charge is 0.270 e. The van der Waals surface area contributed by atoms with E-state index in [0.717, 1.165) is 32.4 Å². The van der Waals surface area contributed by atoms with Crippen LogP contribution in [0, 0.1) is 11.3 Å². The molecule has 1 aromatic heterocycles. The fourth-order valence-electron chi connectivity index (χ4n) is 5.01. The molecule has 9 heteroatoms. The van der Waals surface area contributed by atoms with E-state index in [1.165, 1.54) is 18.2 Å². The van der Waals surface area contributed by atoms with Gasteiger partial charge in [-0.25, -0.2) is 0 Å². The summed E-state index contributed by atoms with van der Waals surface area (Å²) in [6, 6.07) is 5.42. The van der Waals surface area contributed by atoms with Crippen molar-refractivity contribution < 1.29 is 0 Å². The van der Waals surface area contributed by atoms with Crippen molar-refractivity contribution in [1.29, 1.82) is 0 Å². The zero-order valence-corrected chi connectivity index (χ0v) is 19.0. The monoisotopic (exact) mass is 448 g/mol. The van der Waals surface area contributed by atoms with E-state index in [2.05, 4.69) is 16.8 Å². The quantitative estimate of drug-likeness (QED) is 0.617. The summed E-state index contributed by atoms with van der Waals surface area (Å²) in [5.74, 6) is 1.50. The second-order valence-electron chi connectivity index (χ2n) is 8.78. The Morgan fingerprint density at radius 1 is 1.27 bits per heavy atom. The minimum Gasteiger partial charge on any atom is -0.399 e. The average Bonchev–Trinajstić information content (AvgIpc) is 2.98. The molecule has 2 atom stereocenters. The number of nitrogen functional groups attached to an aromatic ring is 2. The summed E-state index contributed by atoms with van der Waals surface area (Å²) in [5, 5.41) is 0.517. The number of rotatable bonds is 3. The SMILES string of the molecule is C[C@H]1C[C@@H](N)C2(CCN(c3nc(N)c(Sc4cc(N)ccc4Cl)c(=O)n3C)CC2)C1. The Balaban J connectivity index is 1.58. The molecule has 1 aliphatic carbocycles. The third-order valence-corrected chi connectivity index (χ3v) is 8.25. The molecule has 0 bridgehead atoms. The molecule has 1 spiro atoms. The summed E-state index contributed by atoms with van der Waals surface area (Å²) in [5.41, 5.74) is 19.2. The van der Waals surface area contributed by atoms with Gasteiger partial charge in [-0.1, -0.05) is 30.3 Å². The summed E-state index contributed by atoms with van der Waals surface area (Å²) in [6.45, 7) is 3.94. The summed E-state index contributed by atoms with van der Waals surface area (Å²) in [4.78, 5) is 20.9. The van der Waals surface area contributed by atoms with Crippen molar-refractivity contribution in [2.75, 3.05) is 29.5 Å². The van der Waals surface area contributed by atoms with Gasteiger partial charge in [0.2, 0.25) is 5.95 Å². The van der Waals surface area contributed by atoms with Crippen LogP contribution in [0.1, 0.15) is 32.6 Å². The molecule has 6 N–H and O–H groups in total. The number of nitrogens with zero attached hydrogens (tertiary/aromatic N) is 3. The van der Waals surface area contributed by atoms with Crippen molar-refractivity contribution in [2.45, 2.75) is 48.4 Å². The lowest BCUT2D eigenvalue weighted by molar-refractivity contribution is 0.192. The lowest BCUT2D eigenvalue weighted by Crippen LogP contribution is -2.48. The summed E-state index contributed by atoms with van der Waals surface area (Å²) in [7, 11) is 1.74. The summed E-state index contributed by atoms with van der Waals surface area (Å²) < 4.78 is 1.58. The van der Waals surface area contributed by atoms with E-state index in [0.29, 0.717) is 32.4 Å². The molecule has 162 valence electrons. The number of benzene rings is 1. The van der Waals surface area contributed by atoms with Crippen LogP contribution in [0.2, 0.25) is 5.02 Å². The first-order valence-corrected chi connectivity index (χ1v) is 11.5. The molecule has 2 fully saturated rings. The second-order valence-corrected chi connectivity index (χ2v) is 10.2. The molecule has 2 heterocycles.